The topological polar surface area (TPSA) is 73.8 Å². The summed E-state index contributed by atoms with van der Waals surface area (Å²) >= 11 is 1.79. The Labute approximate surface area is 210 Å². The van der Waals surface area contributed by atoms with E-state index in [0.717, 1.165) is 61.6 Å². The van der Waals surface area contributed by atoms with Gasteiger partial charge in [0.05, 0.1) is 12.1 Å². The van der Waals surface area contributed by atoms with E-state index >= 15 is 0 Å². The third kappa shape index (κ3) is 5.76. The maximum Gasteiger partial charge on any atom is 0.252 e. The molecule has 0 saturated carbocycles. The van der Waals surface area contributed by atoms with Crippen LogP contribution in [-0.2, 0) is 6.54 Å². The van der Waals surface area contributed by atoms with Crippen LogP contribution < -0.4 is 15.4 Å². The molecule has 2 aromatic carbocycles. The SMILES string of the molecule is Cc1ccc(OC2CNC2)cc1C(=O)N[C@H](C)c1cccc(-c2ccc(CN3CCC(O)C3)s2)c1. The van der Waals surface area contributed by atoms with E-state index in [2.05, 4.69) is 51.9 Å². The molecule has 0 spiro atoms. The molecular weight excluding hydrogens is 458 g/mol. The number of thiophene rings is 1. The molecule has 2 fully saturated rings. The van der Waals surface area contributed by atoms with Crippen LogP contribution in [0.2, 0.25) is 0 Å². The Morgan fingerprint density at radius 2 is 2.09 bits per heavy atom. The fraction of sp³-hybridized carbons (Fsp3) is 0.393. The number of aliphatic hydroxyl groups is 1. The Morgan fingerprint density at radius 1 is 1.23 bits per heavy atom. The van der Waals surface area contributed by atoms with Crippen LogP contribution in [0.25, 0.3) is 10.4 Å². The van der Waals surface area contributed by atoms with Gasteiger partial charge in [0.25, 0.3) is 5.91 Å². The van der Waals surface area contributed by atoms with E-state index in [1.54, 1.807) is 11.3 Å². The highest BCUT2D eigenvalue weighted by Gasteiger charge is 2.22. The minimum atomic E-state index is -0.193. The number of nitrogens with one attached hydrogen (secondary N) is 2. The number of aryl methyl sites for hydroxylation is 1. The maximum absolute atomic E-state index is 13.1. The monoisotopic (exact) mass is 491 g/mol. The summed E-state index contributed by atoms with van der Waals surface area (Å²) in [6, 6.07) is 18.3. The molecule has 2 aliphatic rings. The first-order valence-electron chi connectivity index (χ1n) is 12.3. The van der Waals surface area contributed by atoms with E-state index in [1.807, 2.05) is 32.0 Å². The molecule has 1 amide bonds. The summed E-state index contributed by atoms with van der Waals surface area (Å²) in [6.07, 6.45) is 0.843. The first-order valence-corrected chi connectivity index (χ1v) is 13.1. The molecule has 0 radical (unpaired) electrons. The number of ether oxygens (including phenoxy) is 1. The molecular formula is C28H33N3O3S. The van der Waals surface area contributed by atoms with Gasteiger partial charge in [-0.3, -0.25) is 9.69 Å². The Bertz CT molecular complexity index is 1190. The van der Waals surface area contributed by atoms with Gasteiger partial charge >= 0.3 is 0 Å². The predicted molar refractivity (Wildman–Crippen MR) is 140 cm³/mol. The van der Waals surface area contributed by atoms with Crippen LogP contribution in [0.1, 0.15) is 45.7 Å². The first kappa shape index (κ1) is 24.0. The molecule has 3 heterocycles. The number of nitrogens with zero attached hydrogens (tertiary/aromatic N) is 1. The molecule has 3 aromatic rings. The summed E-state index contributed by atoms with van der Waals surface area (Å²) in [7, 11) is 0. The number of amides is 1. The molecule has 5 rings (SSSR count). The molecule has 1 unspecified atom stereocenters. The third-order valence-corrected chi connectivity index (χ3v) is 7.93. The van der Waals surface area contributed by atoms with Gasteiger partial charge in [0.1, 0.15) is 11.9 Å². The standard InChI is InChI=1S/C28H33N3O3S/c1-18-6-7-23(34-24-14-29-15-24)13-26(18)28(33)30-19(2)20-4-3-5-21(12-20)27-9-8-25(35-27)17-31-11-10-22(32)16-31/h3-9,12-13,19,22,24,29,32H,10-11,14-17H2,1-2H3,(H,30,33)/t19-,22?/m1/s1. The summed E-state index contributed by atoms with van der Waals surface area (Å²) in [5.74, 6) is 0.641. The van der Waals surface area contributed by atoms with Crippen LogP contribution in [0.3, 0.4) is 0 Å². The van der Waals surface area contributed by atoms with Crippen LogP contribution in [-0.4, -0.2) is 54.3 Å². The van der Waals surface area contributed by atoms with Crippen LogP contribution >= 0.6 is 11.3 Å². The van der Waals surface area contributed by atoms with E-state index in [9.17, 15) is 9.90 Å². The fourth-order valence-electron chi connectivity index (χ4n) is 4.57. The molecule has 0 bridgehead atoms. The summed E-state index contributed by atoms with van der Waals surface area (Å²) in [5, 5.41) is 16.1. The van der Waals surface area contributed by atoms with Crippen molar-refractivity contribution < 1.29 is 14.6 Å². The Balaban J connectivity index is 1.25. The average molecular weight is 492 g/mol. The second-order valence-corrected chi connectivity index (χ2v) is 10.8. The molecule has 184 valence electrons. The Kier molecular flexibility index (Phi) is 7.20. The number of likely N-dealkylation sites (tertiary alicyclic amines) is 1. The van der Waals surface area contributed by atoms with Crippen LogP contribution in [0.4, 0.5) is 0 Å². The number of hydrogen-bond donors (Lipinski definition) is 3. The molecule has 2 aliphatic heterocycles. The van der Waals surface area contributed by atoms with Gasteiger partial charge in [-0.25, -0.2) is 0 Å². The molecule has 2 saturated heterocycles. The van der Waals surface area contributed by atoms with Crippen molar-refractivity contribution in [1.82, 2.24) is 15.5 Å². The van der Waals surface area contributed by atoms with Crippen LogP contribution in [0.5, 0.6) is 5.75 Å². The zero-order valence-electron chi connectivity index (χ0n) is 20.3. The number of aliphatic hydroxyl groups excluding tert-OH is 1. The van der Waals surface area contributed by atoms with E-state index in [0.29, 0.717) is 5.56 Å². The molecule has 6 nitrogen and oxygen atoms in total. The van der Waals surface area contributed by atoms with Gasteiger partial charge in [0.2, 0.25) is 0 Å². The fourth-order valence-corrected chi connectivity index (χ4v) is 5.62. The Morgan fingerprint density at radius 3 is 2.83 bits per heavy atom. The van der Waals surface area contributed by atoms with Gasteiger partial charge in [-0.15, -0.1) is 11.3 Å². The van der Waals surface area contributed by atoms with Crippen LogP contribution in [0, 0.1) is 6.92 Å². The summed E-state index contributed by atoms with van der Waals surface area (Å²) in [6.45, 7) is 8.25. The first-order chi connectivity index (χ1) is 16.9. The molecule has 35 heavy (non-hydrogen) atoms. The van der Waals surface area contributed by atoms with Gasteiger partial charge in [0, 0.05) is 48.0 Å². The maximum atomic E-state index is 13.1. The highest BCUT2D eigenvalue weighted by Crippen LogP contribution is 2.31. The lowest BCUT2D eigenvalue weighted by molar-refractivity contribution is 0.0937. The second-order valence-electron chi connectivity index (χ2n) is 9.64. The normalized spacial score (nSPS) is 19.3. The van der Waals surface area contributed by atoms with Gasteiger partial charge in [-0.1, -0.05) is 24.3 Å². The highest BCUT2D eigenvalue weighted by molar-refractivity contribution is 7.15. The van der Waals surface area contributed by atoms with E-state index in [1.165, 1.54) is 9.75 Å². The van der Waals surface area contributed by atoms with Gasteiger partial charge < -0.3 is 20.5 Å². The summed E-state index contributed by atoms with van der Waals surface area (Å²) in [5.41, 5.74) is 3.80. The largest absolute Gasteiger partial charge is 0.488 e. The average Bonchev–Trinajstić information content (AvgIpc) is 3.46. The van der Waals surface area contributed by atoms with Crippen molar-refractivity contribution in [2.24, 2.45) is 0 Å². The van der Waals surface area contributed by atoms with Crippen molar-refractivity contribution in [2.45, 2.75) is 45.1 Å². The minimum Gasteiger partial charge on any atom is -0.488 e. The van der Waals surface area contributed by atoms with Crippen molar-refractivity contribution in [2.75, 3.05) is 26.2 Å². The van der Waals surface area contributed by atoms with Crippen molar-refractivity contribution >= 4 is 17.2 Å². The van der Waals surface area contributed by atoms with Crippen LogP contribution in [0.15, 0.2) is 54.6 Å². The molecule has 2 atom stereocenters. The van der Waals surface area contributed by atoms with E-state index < -0.39 is 0 Å². The predicted octanol–water partition coefficient (Wildman–Crippen LogP) is 4.13. The number of rotatable bonds is 8. The van der Waals surface area contributed by atoms with Crippen molar-refractivity contribution in [3.8, 4) is 16.2 Å². The molecule has 7 heteroatoms. The van der Waals surface area contributed by atoms with Crippen molar-refractivity contribution in [3.05, 3.63) is 76.2 Å². The van der Waals surface area contributed by atoms with Crippen molar-refractivity contribution in [3.63, 3.8) is 0 Å². The smallest absolute Gasteiger partial charge is 0.252 e. The lowest BCUT2D eigenvalue weighted by atomic mass is 10.0. The quantitative estimate of drug-likeness (QED) is 0.442. The zero-order chi connectivity index (χ0) is 24.4. The number of carbonyl (C=O) groups excluding carboxylic acids is 1. The van der Waals surface area contributed by atoms with E-state index in [-0.39, 0.29) is 24.2 Å². The van der Waals surface area contributed by atoms with Gasteiger partial charge in [-0.05, 0) is 67.3 Å². The number of β-amino-alcohol motifs (C(OH)–C–C–N with tert-alkyl or cyclic N) is 1. The second kappa shape index (κ2) is 10.5. The highest BCUT2D eigenvalue weighted by atomic mass is 32.1. The van der Waals surface area contributed by atoms with Gasteiger partial charge in [-0.2, -0.15) is 0 Å². The van der Waals surface area contributed by atoms with E-state index in [4.69, 9.17) is 4.74 Å². The Hall–Kier alpha value is -2.71. The molecule has 3 N–H and O–H groups in total. The molecule has 1 aromatic heterocycles. The molecule has 0 aliphatic carbocycles. The lowest BCUT2D eigenvalue weighted by Gasteiger charge is -2.28. The third-order valence-electron chi connectivity index (χ3n) is 6.81. The summed E-state index contributed by atoms with van der Waals surface area (Å²) in [4.78, 5) is 17.9. The number of benzene rings is 2. The number of carbonyl (C=O) groups is 1. The van der Waals surface area contributed by atoms with Gasteiger partial charge in [0.15, 0.2) is 0 Å². The number of hydrogen-bond acceptors (Lipinski definition) is 6. The zero-order valence-corrected chi connectivity index (χ0v) is 21.1. The minimum absolute atomic E-state index is 0.0937. The lowest BCUT2D eigenvalue weighted by Crippen LogP contribution is -2.50. The van der Waals surface area contributed by atoms with Crippen molar-refractivity contribution in [1.29, 1.82) is 0 Å². The summed E-state index contributed by atoms with van der Waals surface area (Å²) < 4.78 is 5.94.